The van der Waals surface area contributed by atoms with Crippen LogP contribution in [-0.4, -0.2) is 29.0 Å². The molecule has 0 bridgehead atoms. The van der Waals surface area contributed by atoms with Crippen molar-refractivity contribution < 1.29 is 23.2 Å². The number of carbonyl (C=O) groups is 2. The van der Waals surface area contributed by atoms with Gasteiger partial charge in [-0.05, 0) is 37.3 Å². The zero-order chi connectivity index (χ0) is 17.3. The molecule has 7 heteroatoms. The highest BCUT2D eigenvalue weighted by molar-refractivity contribution is 6.13. The number of benzene rings is 1. The first kappa shape index (κ1) is 15.7. The summed E-state index contributed by atoms with van der Waals surface area (Å²) in [5, 5.41) is 3.90. The first-order valence-corrected chi connectivity index (χ1v) is 7.05. The zero-order valence-corrected chi connectivity index (χ0v) is 12.9. The van der Waals surface area contributed by atoms with E-state index in [1.807, 2.05) is 0 Å². The molecule has 0 fully saturated rings. The van der Waals surface area contributed by atoms with E-state index >= 15 is 0 Å². The molecule has 0 unspecified atom stereocenters. The summed E-state index contributed by atoms with van der Waals surface area (Å²) in [6, 6.07) is 6.98. The topological polar surface area (TPSA) is 85.2 Å². The van der Waals surface area contributed by atoms with E-state index < -0.39 is 5.97 Å². The Morgan fingerprint density at radius 1 is 1.25 bits per heavy atom. The standard InChI is InChI=1S/C17H13FN2O4/c1-9-14(15(20-24-9)10-3-5-12(18)6-4-10)16(21)11-7-13(19-8-11)17(22)23-2/h3-8,19H,1-2H3. The van der Waals surface area contributed by atoms with Gasteiger partial charge in [0.15, 0.2) is 5.78 Å². The van der Waals surface area contributed by atoms with E-state index in [2.05, 4.69) is 14.9 Å². The number of aromatic nitrogens is 2. The lowest BCUT2D eigenvalue weighted by molar-refractivity contribution is 0.0595. The number of carbonyl (C=O) groups excluding carboxylic acids is 2. The van der Waals surface area contributed by atoms with Gasteiger partial charge in [0.1, 0.15) is 23.0 Å². The van der Waals surface area contributed by atoms with E-state index in [0.717, 1.165) is 0 Å². The van der Waals surface area contributed by atoms with Crippen LogP contribution in [0, 0.1) is 12.7 Å². The molecule has 0 amide bonds. The highest BCUT2D eigenvalue weighted by atomic mass is 19.1. The second-order valence-electron chi connectivity index (χ2n) is 5.09. The van der Waals surface area contributed by atoms with Crippen LogP contribution < -0.4 is 0 Å². The molecule has 0 aliphatic heterocycles. The van der Waals surface area contributed by atoms with Gasteiger partial charge in [-0.2, -0.15) is 0 Å². The number of nitrogens with zero attached hydrogens (tertiary/aromatic N) is 1. The van der Waals surface area contributed by atoms with Crippen molar-refractivity contribution in [3.63, 3.8) is 0 Å². The Bertz CT molecular complexity index is 909. The van der Waals surface area contributed by atoms with Crippen LogP contribution in [-0.2, 0) is 4.74 Å². The van der Waals surface area contributed by atoms with Crippen LogP contribution >= 0.6 is 0 Å². The van der Waals surface area contributed by atoms with Gasteiger partial charge >= 0.3 is 5.97 Å². The number of hydrogen-bond acceptors (Lipinski definition) is 5. The first-order valence-electron chi connectivity index (χ1n) is 7.05. The van der Waals surface area contributed by atoms with Crippen LogP contribution in [0.1, 0.15) is 32.2 Å². The molecule has 122 valence electrons. The molecule has 0 atom stereocenters. The van der Waals surface area contributed by atoms with Crippen LogP contribution in [0.15, 0.2) is 41.1 Å². The molecule has 0 radical (unpaired) electrons. The predicted octanol–water partition coefficient (Wildman–Crippen LogP) is 3.13. The molecule has 3 rings (SSSR count). The van der Waals surface area contributed by atoms with Crippen molar-refractivity contribution in [2.75, 3.05) is 7.11 Å². The van der Waals surface area contributed by atoms with Crippen LogP contribution in [0.5, 0.6) is 0 Å². The largest absolute Gasteiger partial charge is 0.464 e. The fraction of sp³-hybridized carbons (Fsp3) is 0.118. The van der Waals surface area contributed by atoms with Gasteiger partial charge in [0.2, 0.25) is 0 Å². The number of methoxy groups -OCH3 is 1. The second-order valence-corrected chi connectivity index (χ2v) is 5.09. The summed E-state index contributed by atoms with van der Waals surface area (Å²) in [5.41, 5.74) is 1.57. The molecular formula is C17H13FN2O4. The summed E-state index contributed by atoms with van der Waals surface area (Å²) in [6.45, 7) is 1.61. The molecule has 0 aliphatic rings. The quantitative estimate of drug-likeness (QED) is 0.587. The van der Waals surface area contributed by atoms with Gasteiger partial charge in [-0.1, -0.05) is 5.16 Å². The number of aryl methyl sites for hydroxylation is 1. The summed E-state index contributed by atoms with van der Waals surface area (Å²) in [4.78, 5) is 26.9. The van der Waals surface area contributed by atoms with Crippen LogP contribution in [0.3, 0.4) is 0 Å². The molecule has 6 nitrogen and oxygen atoms in total. The Hall–Kier alpha value is -3.22. The fourth-order valence-electron chi connectivity index (χ4n) is 2.34. The number of aromatic amines is 1. The molecule has 0 aliphatic carbocycles. The Labute approximate surface area is 136 Å². The SMILES string of the molecule is COC(=O)c1cc(C(=O)c2c(-c3ccc(F)cc3)noc2C)c[nH]1. The zero-order valence-electron chi connectivity index (χ0n) is 12.9. The van der Waals surface area contributed by atoms with Gasteiger partial charge in [-0.25, -0.2) is 9.18 Å². The molecule has 0 saturated carbocycles. The van der Waals surface area contributed by atoms with Crippen LogP contribution in [0.4, 0.5) is 4.39 Å². The highest BCUT2D eigenvalue weighted by Crippen LogP contribution is 2.28. The molecular weight excluding hydrogens is 315 g/mol. The molecule has 1 N–H and O–H groups in total. The Balaban J connectivity index is 2.01. The number of H-pyrrole nitrogens is 1. The third-order valence-electron chi connectivity index (χ3n) is 3.56. The summed E-state index contributed by atoms with van der Waals surface area (Å²) < 4.78 is 22.8. The number of ketones is 1. The van der Waals surface area contributed by atoms with Crippen molar-refractivity contribution in [2.45, 2.75) is 6.92 Å². The maximum absolute atomic E-state index is 13.1. The molecule has 1 aromatic carbocycles. The Kier molecular flexibility index (Phi) is 3.99. The minimum Gasteiger partial charge on any atom is -0.464 e. The smallest absolute Gasteiger partial charge is 0.354 e. The summed E-state index contributed by atoms with van der Waals surface area (Å²) >= 11 is 0. The number of halogens is 1. The third kappa shape index (κ3) is 2.71. The molecule has 24 heavy (non-hydrogen) atoms. The fourth-order valence-corrected chi connectivity index (χ4v) is 2.34. The average molecular weight is 328 g/mol. The lowest BCUT2D eigenvalue weighted by Crippen LogP contribution is -2.03. The van der Waals surface area contributed by atoms with E-state index in [1.165, 1.54) is 43.6 Å². The molecule has 2 heterocycles. The maximum Gasteiger partial charge on any atom is 0.354 e. The number of ether oxygens (including phenoxy) is 1. The summed E-state index contributed by atoms with van der Waals surface area (Å²) in [5.74, 6) is -0.991. The Morgan fingerprint density at radius 3 is 2.62 bits per heavy atom. The molecule has 0 saturated heterocycles. The van der Waals surface area contributed by atoms with Gasteiger partial charge in [0.05, 0.1) is 12.7 Å². The first-order chi connectivity index (χ1) is 11.5. The summed E-state index contributed by atoms with van der Waals surface area (Å²) in [7, 11) is 1.25. The van der Waals surface area contributed by atoms with Gasteiger partial charge in [0, 0.05) is 17.3 Å². The van der Waals surface area contributed by atoms with E-state index in [-0.39, 0.29) is 28.4 Å². The van der Waals surface area contributed by atoms with Gasteiger partial charge < -0.3 is 14.2 Å². The molecule has 0 spiro atoms. The molecule has 2 aromatic heterocycles. The van der Waals surface area contributed by atoms with E-state index in [1.54, 1.807) is 6.92 Å². The second kappa shape index (κ2) is 6.11. The number of rotatable bonds is 4. The van der Waals surface area contributed by atoms with Crippen molar-refractivity contribution in [2.24, 2.45) is 0 Å². The van der Waals surface area contributed by atoms with Gasteiger partial charge in [0.25, 0.3) is 0 Å². The average Bonchev–Trinajstić information content (AvgIpc) is 3.21. The summed E-state index contributed by atoms with van der Waals surface area (Å²) in [6.07, 6.45) is 1.41. The number of esters is 1. The number of hydrogen-bond donors (Lipinski definition) is 1. The number of nitrogens with one attached hydrogen (secondary N) is 1. The van der Waals surface area contributed by atoms with Crippen LogP contribution in [0.25, 0.3) is 11.3 Å². The lowest BCUT2D eigenvalue weighted by atomic mass is 9.99. The Morgan fingerprint density at radius 2 is 1.96 bits per heavy atom. The predicted molar refractivity (Wildman–Crippen MR) is 82.2 cm³/mol. The van der Waals surface area contributed by atoms with Crippen molar-refractivity contribution in [3.05, 3.63) is 64.9 Å². The van der Waals surface area contributed by atoms with E-state index in [9.17, 15) is 14.0 Å². The van der Waals surface area contributed by atoms with E-state index in [0.29, 0.717) is 17.0 Å². The van der Waals surface area contributed by atoms with Gasteiger partial charge in [-0.15, -0.1) is 0 Å². The third-order valence-corrected chi connectivity index (χ3v) is 3.56. The monoisotopic (exact) mass is 328 g/mol. The van der Waals surface area contributed by atoms with E-state index in [4.69, 9.17) is 4.52 Å². The van der Waals surface area contributed by atoms with Crippen molar-refractivity contribution in [1.82, 2.24) is 10.1 Å². The highest BCUT2D eigenvalue weighted by Gasteiger charge is 2.24. The normalized spacial score (nSPS) is 10.6. The minimum absolute atomic E-state index is 0.165. The van der Waals surface area contributed by atoms with Crippen molar-refractivity contribution in [3.8, 4) is 11.3 Å². The van der Waals surface area contributed by atoms with Gasteiger partial charge in [-0.3, -0.25) is 4.79 Å². The van der Waals surface area contributed by atoms with Crippen molar-refractivity contribution in [1.29, 1.82) is 0 Å². The molecule has 3 aromatic rings. The van der Waals surface area contributed by atoms with Crippen molar-refractivity contribution >= 4 is 11.8 Å². The van der Waals surface area contributed by atoms with Crippen LogP contribution in [0.2, 0.25) is 0 Å². The maximum atomic E-state index is 13.1. The lowest BCUT2D eigenvalue weighted by Gasteiger charge is -2.01. The minimum atomic E-state index is -0.574.